The molecule has 1 aromatic heterocycles. The highest BCUT2D eigenvalue weighted by Crippen LogP contribution is 2.22. The van der Waals surface area contributed by atoms with E-state index in [2.05, 4.69) is 11.2 Å². The second kappa shape index (κ2) is 5.45. The summed E-state index contributed by atoms with van der Waals surface area (Å²) in [4.78, 5) is 17.4. The molecule has 0 N–H and O–H groups in total. The van der Waals surface area contributed by atoms with Crippen LogP contribution in [-0.2, 0) is 11.2 Å². The Labute approximate surface area is 107 Å². The molecule has 2 aromatic rings. The Hall–Kier alpha value is -2.16. The summed E-state index contributed by atoms with van der Waals surface area (Å²) in [5, 5.41) is 0. The van der Waals surface area contributed by atoms with E-state index in [0.717, 1.165) is 16.7 Å². The average Bonchev–Trinajstić information content (AvgIpc) is 2.40. The van der Waals surface area contributed by atoms with Crippen LogP contribution >= 0.6 is 0 Å². The fourth-order valence-electron chi connectivity index (χ4n) is 1.73. The normalized spacial score (nSPS) is 10.1. The predicted octanol–water partition coefficient (Wildman–Crippen LogP) is 2.18. The van der Waals surface area contributed by atoms with E-state index in [1.165, 1.54) is 0 Å². The van der Waals surface area contributed by atoms with E-state index in [-0.39, 0.29) is 5.91 Å². The summed E-state index contributed by atoms with van der Waals surface area (Å²) in [5.41, 5.74) is 2.93. The molecule has 0 spiro atoms. The number of amides is 1. The van der Waals surface area contributed by atoms with Gasteiger partial charge in [0.1, 0.15) is 0 Å². The number of hydrogen-bond donors (Lipinski definition) is 0. The third kappa shape index (κ3) is 2.74. The summed E-state index contributed by atoms with van der Waals surface area (Å²) < 4.78 is 0. The molecular formula is C15H15N2O. The van der Waals surface area contributed by atoms with E-state index in [9.17, 15) is 4.79 Å². The van der Waals surface area contributed by atoms with Gasteiger partial charge in [-0.05, 0) is 17.2 Å². The van der Waals surface area contributed by atoms with Crippen molar-refractivity contribution in [1.82, 2.24) is 9.88 Å². The topological polar surface area (TPSA) is 33.2 Å². The van der Waals surface area contributed by atoms with Crippen molar-refractivity contribution in [3.05, 3.63) is 54.4 Å². The number of hydrogen-bond acceptors (Lipinski definition) is 2. The van der Waals surface area contributed by atoms with Gasteiger partial charge in [0.15, 0.2) is 0 Å². The highest BCUT2D eigenvalue weighted by molar-refractivity contribution is 5.81. The summed E-state index contributed by atoms with van der Waals surface area (Å²) in [6.07, 6.45) is 5.04. The lowest BCUT2D eigenvalue weighted by atomic mass is 9.98. The number of likely N-dealkylation sites (N-methyl/N-ethyl adjacent to an activating group) is 1. The summed E-state index contributed by atoms with van der Waals surface area (Å²) >= 11 is 0. The highest BCUT2D eigenvalue weighted by Gasteiger charge is 2.10. The SMILES string of the molecule is CN(C)C(=O)Cc1ccccc1-c1[c]nccc1. The van der Waals surface area contributed by atoms with Crippen LogP contribution in [0.5, 0.6) is 0 Å². The molecule has 1 radical (unpaired) electrons. The quantitative estimate of drug-likeness (QED) is 0.822. The van der Waals surface area contributed by atoms with E-state index in [4.69, 9.17) is 0 Å². The molecule has 0 fully saturated rings. The van der Waals surface area contributed by atoms with Gasteiger partial charge in [-0.2, -0.15) is 0 Å². The van der Waals surface area contributed by atoms with Crippen molar-refractivity contribution in [2.24, 2.45) is 0 Å². The number of carbonyl (C=O) groups is 1. The lowest BCUT2D eigenvalue weighted by molar-refractivity contribution is -0.127. The molecular weight excluding hydrogens is 224 g/mol. The van der Waals surface area contributed by atoms with Crippen molar-refractivity contribution in [2.45, 2.75) is 6.42 Å². The standard InChI is InChI=1S/C15H15N2O/c1-17(2)15(18)10-12-6-3-4-8-14(12)13-7-5-9-16-11-13/h3-9H,10H2,1-2H3. The third-order valence-electron chi connectivity index (χ3n) is 2.76. The second-order valence-electron chi connectivity index (χ2n) is 4.28. The molecule has 0 saturated heterocycles. The van der Waals surface area contributed by atoms with Crippen LogP contribution in [0.1, 0.15) is 5.56 Å². The first kappa shape index (κ1) is 12.3. The highest BCUT2D eigenvalue weighted by atomic mass is 16.2. The first-order valence-corrected chi connectivity index (χ1v) is 5.79. The molecule has 0 bridgehead atoms. The minimum Gasteiger partial charge on any atom is -0.349 e. The van der Waals surface area contributed by atoms with Gasteiger partial charge in [-0.25, -0.2) is 0 Å². The number of nitrogens with zero attached hydrogens (tertiary/aromatic N) is 2. The molecule has 1 amide bonds. The maximum Gasteiger partial charge on any atom is 0.226 e. The second-order valence-corrected chi connectivity index (χ2v) is 4.28. The van der Waals surface area contributed by atoms with Crippen molar-refractivity contribution in [1.29, 1.82) is 0 Å². The van der Waals surface area contributed by atoms with Crippen molar-refractivity contribution in [3.8, 4) is 11.1 Å². The summed E-state index contributed by atoms with van der Waals surface area (Å²) in [7, 11) is 3.53. The Bertz CT molecular complexity index is 535. The Morgan fingerprint density at radius 2 is 2.00 bits per heavy atom. The smallest absolute Gasteiger partial charge is 0.226 e. The van der Waals surface area contributed by atoms with Crippen LogP contribution in [0.15, 0.2) is 42.6 Å². The van der Waals surface area contributed by atoms with Gasteiger partial charge in [0.2, 0.25) is 5.91 Å². The van der Waals surface area contributed by atoms with Gasteiger partial charge in [0, 0.05) is 25.9 Å². The van der Waals surface area contributed by atoms with E-state index in [0.29, 0.717) is 6.42 Å². The third-order valence-corrected chi connectivity index (χ3v) is 2.76. The Kier molecular flexibility index (Phi) is 3.72. The molecule has 18 heavy (non-hydrogen) atoms. The molecule has 0 unspecified atom stereocenters. The maximum absolute atomic E-state index is 11.8. The number of benzene rings is 1. The van der Waals surface area contributed by atoms with Gasteiger partial charge in [0.25, 0.3) is 0 Å². The summed E-state index contributed by atoms with van der Waals surface area (Å²) in [5.74, 6) is 0.0892. The van der Waals surface area contributed by atoms with Gasteiger partial charge in [-0.3, -0.25) is 9.78 Å². The van der Waals surface area contributed by atoms with E-state index in [1.54, 1.807) is 25.2 Å². The summed E-state index contributed by atoms with van der Waals surface area (Å²) in [6, 6.07) is 11.7. The molecule has 3 nitrogen and oxygen atoms in total. The van der Waals surface area contributed by atoms with Crippen LogP contribution in [0.4, 0.5) is 0 Å². The number of carbonyl (C=O) groups excluding carboxylic acids is 1. The van der Waals surface area contributed by atoms with Crippen molar-refractivity contribution < 1.29 is 4.79 Å². The zero-order valence-electron chi connectivity index (χ0n) is 10.6. The summed E-state index contributed by atoms with van der Waals surface area (Å²) in [6.45, 7) is 0. The van der Waals surface area contributed by atoms with Crippen LogP contribution in [0.25, 0.3) is 11.1 Å². The van der Waals surface area contributed by atoms with E-state index < -0.39 is 0 Å². The molecule has 1 heterocycles. The minimum atomic E-state index is 0.0892. The number of rotatable bonds is 3. The monoisotopic (exact) mass is 239 g/mol. The zero-order valence-corrected chi connectivity index (χ0v) is 10.6. The molecule has 0 saturated carbocycles. The minimum absolute atomic E-state index is 0.0892. The van der Waals surface area contributed by atoms with Gasteiger partial charge >= 0.3 is 0 Å². The average molecular weight is 239 g/mol. The number of aromatic nitrogens is 1. The molecule has 0 aliphatic heterocycles. The Morgan fingerprint density at radius 3 is 2.67 bits per heavy atom. The molecule has 3 heteroatoms. The van der Waals surface area contributed by atoms with Crippen LogP contribution in [0.3, 0.4) is 0 Å². The first-order valence-electron chi connectivity index (χ1n) is 5.79. The van der Waals surface area contributed by atoms with Crippen molar-refractivity contribution in [3.63, 3.8) is 0 Å². The number of pyridine rings is 1. The van der Waals surface area contributed by atoms with Crippen LogP contribution in [0, 0.1) is 6.20 Å². The van der Waals surface area contributed by atoms with Gasteiger partial charge in [0.05, 0.1) is 12.6 Å². The molecule has 0 atom stereocenters. The zero-order chi connectivity index (χ0) is 13.0. The van der Waals surface area contributed by atoms with Crippen molar-refractivity contribution in [2.75, 3.05) is 14.1 Å². The van der Waals surface area contributed by atoms with Gasteiger partial charge < -0.3 is 4.90 Å². The fraction of sp³-hybridized carbons (Fsp3) is 0.200. The van der Waals surface area contributed by atoms with E-state index in [1.807, 2.05) is 36.4 Å². The van der Waals surface area contributed by atoms with Crippen LogP contribution in [-0.4, -0.2) is 29.9 Å². The van der Waals surface area contributed by atoms with Gasteiger partial charge in [-0.1, -0.05) is 30.3 Å². The predicted molar refractivity (Wildman–Crippen MR) is 70.9 cm³/mol. The van der Waals surface area contributed by atoms with E-state index >= 15 is 0 Å². The largest absolute Gasteiger partial charge is 0.349 e. The van der Waals surface area contributed by atoms with Crippen LogP contribution < -0.4 is 0 Å². The van der Waals surface area contributed by atoms with Crippen LogP contribution in [0.2, 0.25) is 0 Å². The maximum atomic E-state index is 11.8. The molecule has 91 valence electrons. The molecule has 1 aromatic carbocycles. The Morgan fingerprint density at radius 1 is 1.22 bits per heavy atom. The molecule has 2 rings (SSSR count). The fourth-order valence-corrected chi connectivity index (χ4v) is 1.73. The van der Waals surface area contributed by atoms with Crippen molar-refractivity contribution >= 4 is 5.91 Å². The lowest BCUT2D eigenvalue weighted by Gasteiger charge is -2.13. The Balaban J connectivity index is 2.35. The van der Waals surface area contributed by atoms with Gasteiger partial charge in [-0.15, -0.1) is 0 Å². The molecule has 0 aliphatic carbocycles. The molecule has 0 aliphatic rings. The first-order chi connectivity index (χ1) is 8.68. The lowest BCUT2D eigenvalue weighted by Crippen LogP contribution is -2.23.